The molecule has 0 heterocycles. The Bertz CT molecular complexity index is 656. The molecule has 0 aliphatic heterocycles. The SMILES string of the molecule is Cc1ccc(O)c(C(C)(C)C)c1.Cc1ccc(O)c(C(C)(C)C)c1.Cl.Cl.[CH2]=[Ti]. The van der Waals surface area contributed by atoms with Gasteiger partial charge in [-0.05, 0) is 47.9 Å². The Kier molecular flexibility index (Phi) is 15.3. The van der Waals surface area contributed by atoms with Crippen molar-refractivity contribution in [2.45, 2.75) is 66.2 Å². The normalized spacial score (nSPS) is 10.1. The van der Waals surface area contributed by atoms with Crippen molar-refractivity contribution >= 4 is 29.6 Å². The molecule has 2 N–H and O–H groups in total. The van der Waals surface area contributed by atoms with Crippen LogP contribution in [-0.4, -0.2) is 15.0 Å². The summed E-state index contributed by atoms with van der Waals surface area (Å²) in [6, 6.07) is 11.4. The summed E-state index contributed by atoms with van der Waals surface area (Å²) >= 11 is 1.75. The number of phenols is 2. The molecule has 2 aromatic rings. The number of halogens is 2. The first kappa shape index (κ1) is 31.9. The average molecular weight is 463 g/mol. The van der Waals surface area contributed by atoms with Crippen LogP contribution in [0.3, 0.4) is 0 Å². The first-order chi connectivity index (χ1) is 11.8. The van der Waals surface area contributed by atoms with Gasteiger partial charge in [0, 0.05) is 0 Å². The maximum absolute atomic E-state index is 9.57. The van der Waals surface area contributed by atoms with Gasteiger partial charge in [0.25, 0.3) is 0 Å². The third-order valence-electron chi connectivity index (χ3n) is 3.92. The number of benzene rings is 2. The van der Waals surface area contributed by atoms with Crippen molar-refractivity contribution in [2.75, 3.05) is 0 Å². The van der Waals surface area contributed by atoms with Crippen LogP contribution >= 0.6 is 24.8 Å². The zero-order valence-electron chi connectivity index (χ0n) is 18.4. The van der Waals surface area contributed by atoms with Crippen LogP contribution in [0.4, 0.5) is 0 Å². The fourth-order valence-corrected chi connectivity index (χ4v) is 2.50. The van der Waals surface area contributed by atoms with E-state index in [1.54, 1.807) is 32.1 Å². The predicted octanol–water partition coefficient (Wildman–Crippen LogP) is 6.81. The molecule has 0 amide bonds. The van der Waals surface area contributed by atoms with Crippen molar-refractivity contribution in [2.24, 2.45) is 0 Å². The van der Waals surface area contributed by atoms with Crippen molar-refractivity contribution in [3.8, 4) is 11.5 Å². The Morgan fingerprint density at radius 3 is 1.07 bits per heavy atom. The van der Waals surface area contributed by atoms with Crippen LogP contribution in [0.1, 0.15) is 63.8 Å². The van der Waals surface area contributed by atoms with E-state index in [9.17, 15) is 10.2 Å². The Hall–Kier alpha value is -0.796. The van der Waals surface area contributed by atoms with E-state index in [0.29, 0.717) is 11.5 Å². The van der Waals surface area contributed by atoms with E-state index in [1.807, 2.05) is 38.1 Å². The Morgan fingerprint density at radius 2 is 0.893 bits per heavy atom. The molecule has 0 aliphatic rings. The van der Waals surface area contributed by atoms with Gasteiger partial charge in [0.15, 0.2) is 0 Å². The summed E-state index contributed by atoms with van der Waals surface area (Å²) in [5.41, 5.74) is 4.46. The van der Waals surface area contributed by atoms with Crippen LogP contribution in [0.5, 0.6) is 11.5 Å². The van der Waals surface area contributed by atoms with Gasteiger partial charge in [-0.15, -0.1) is 24.8 Å². The summed E-state index contributed by atoms with van der Waals surface area (Å²) in [6.07, 6.45) is 0. The summed E-state index contributed by atoms with van der Waals surface area (Å²) in [6.45, 7) is 16.7. The van der Waals surface area contributed by atoms with Gasteiger partial charge < -0.3 is 10.2 Å². The van der Waals surface area contributed by atoms with Gasteiger partial charge in [-0.2, -0.15) is 0 Å². The van der Waals surface area contributed by atoms with E-state index >= 15 is 0 Å². The summed E-state index contributed by atoms with van der Waals surface area (Å²) in [7, 11) is 0. The van der Waals surface area contributed by atoms with E-state index in [2.05, 4.69) is 46.4 Å². The molecule has 2 rings (SSSR count). The van der Waals surface area contributed by atoms with Crippen molar-refractivity contribution in [3.05, 3.63) is 58.7 Å². The Labute approximate surface area is 195 Å². The standard InChI is InChI=1S/2C11H16O.CH2.2ClH.Ti/c2*1-8-5-6-10(12)9(7-8)11(2,3)4;;;;/h2*5-7,12H,1-4H3;1H2;2*1H;. The van der Waals surface area contributed by atoms with E-state index in [0.717, 1.165) is 11.1 Å². The molecular formula is C23H36Cl2O2Ti. The number of hydrogen-bond donors (Lipinski definition) is 2. The van der Waals surface area contributed by atoms with Crippen molar-refractivity contribution in [1.29, 1.82) is 0 Å². The van der Waals surface area contributed by atoms with Crippen LogP contribution in [-0.2, 0) is 30.8 Å². The van der Waals surface area contributed by atoms with Gasteiger partial charge in [0.1, 0.15) is 11.5 Å². The molecule has 0 aliphatic carbocycles. The van der Waals surface area contributed by atoms with Crippen LogP contribution < -0.4 is 0 Å². The molecule has 158 valence electrons. The molecule has 0 saturated carbocycles. The predicted molar refractivity (Wildman–Crippen MR) is 125 cm³/mol. The van der Waals surface area contributed by atoms with Crippen molar-refractivity contribution in [1.82, 2.24) is 0 Å². The summed E-state index contributed by atoms with van der Waals surface area (Å²) in [4.78, 5) is 3.25. The van der Waals surface area contributed by atoms with Gasteiger partial charge in [-0.25, -0.2) is 0 Å². The second-order valence-electron chi connectivity index (χ2n) is 8.54. The molecule has 0 spiro atoms. The average Bonchev–Trinajstić information content (AvgIpc) is 2.52. The Morgan fingerprint density at radius 1 is 0.643 bits per heavy atom. The molecule has 0 saturated heterocycles. The van der Waals surface area contributed by atoms with E-state index < -0.39 is 0 Å². The zero-order chi connectivity index (χ0) is 20.7. The second kappa shape index (κ2) is 13.4. The number of aryl methyl sites for hydroxylation is 2. The minimum absolute atomic E-state index is 0. The summed E-state index contributed by atoms with van der Waals surface area (Å²) < 4.78 is 0. The second-order valence-corrected chi connectivity index (χ2v) is 8.54. The third-order valence-corrected chi connectivity index (χ3v) is 3.92. The molecule has 5 heteroatoms. The zero-order valence-corrected chi connectivity index (χ0v) is 21.6. The Balaban J connectivity index is -0.000000385. The molecule has 0 aromatic heterocycles. The molecule has 0 radical (unpaired) electrons. The maximum atomic E-state index is 9.57. The number of rotatable bonds is 0. The van der Waals surface area contributed by atoms with Gasteiger partial charge >= 0.3 is 24.8 Å². The fourth-order valence-electron chi connectivity index (χ4n) is 2.50. The van der Waals surface area contributed by atoms with Crippen LogP contribution in [0, 0.1) is 13.8 Å². The van der Waals surface area contributed by atoms with Crippen molar-refractivity contribution in [3.63, 3.8) is 0 Å². The molecule has 0 bridgehead atoms. The van der Waals surface area contributed by atoms with Gasteiger partial charge in [0.05, 0.1) is 0 Å². The molecule has 0 unspecified atom stereocenters. The third kappa shape index (κ3) is 10.7. The van der Waals surface area contributed by atoms with E-state index in [1.165, 1.54) is 11.1 Å². The summed E-state index contributed by atoms with van der Waals surface area (Å²) in [5, 5.41) is 19.1. The molecule has 28 heavy (non-hydrogen) atoms. The van der Waals surface area contributed by atoms with E-state index in [-0.39, 0.29) is 35.6 Å². The molecule has 0 fully saturated rings. The number of hydrogen-bond acceptors (Lipinski definition) is 2. The quantitative estimate of drug-likeness (QED) is 0.422. The minimum atomic E-state index is 0. The molecule has 2 nitrogen and oxygen atoms in total. The van der Waals surface area contributed by atoms with E-state index in [4.69, 9.17) is 0 Å². The topological polar surface area (TPSA) is 40.5 Å². The monoisotopic (exact) mass is 462 g/mol. The van der Waals surface area contributed by atoms with Crippen LogP contribution in [0.15, 0.2) is 36.4 Å². The van der Waals surface area contributed by atoms with Gasteiger partial charge in [-0.1, -0.05) is 76.9 Å². The molecule has 2 aromatic carbocycles. The molecular weight excluding hydrogens is 427 g/mol. The van der Waals surface area contributed by atoms with Crippen molar-refractivity contribution < 1.29 is 30.2 Å². The first-order valence-corrected chi connectivity index (χ1v) is 9.88. The van der Waals surface area contributed by atoms with Gasteiger partial charge in [-0.3, -0.25) is 0 Å². The fraction of sp³-hybridized carbons (Fsp3) is 0.435. The number of phenolic OH excluding ortho intramolecular Hbond substituents is 2. The van der Waals surface area contributed by atoms with Crippen LogP contribution in [0.2, 0.25) is 0 Å². The van der Waals surface area contributed by atoms with Gasteiger partial charge in [0.2, 0.25) is 0 Å². The molecule has 0 atom stereocenters. The van der Waals surface area contributed by atoms with Crippen LogP contribution in [0.25, 0.3) is 0 Å². The summed E-state index contributed by atoms with van der Waals surface area (Å²) in [5.74, 6) is 0.793. The first-order valence-electron chi connectivity index (χ1n) is 8.78. The number of aromatic hydroxyl groups is 2.